The van der Waals surface area contributed by atoms with Crippen LogP contribution in [0.3, 0.4) is 0 Å². The summed E-state index contributed by atoms with van der Waals surface area (Å²) in [5.74, 6) is -2.22. The zero-order chi connectivity index (χ0) is 17.4. The summed E-state index contributed by atoms with van der Waals surface area (Å²) in [5.41, 5.74) is 0. The Kier molecular flexibility index (Phi) is 5.92. The molecule has 0 amide bonds. The summed E-state index contributed by atoms with van der Waals surface area (Å²) in [6, 6.07) is 0. The summed E-state index contributed by atoms with van der Waals surface area (Å²) in [4.78, 5) is 0. The lowest BCUT2D eigenvalue weighted by Gasteiger charge is -2.43. The molecule has 0 aromatic carbocycles. The molecule has 11 nitrogen and oxygen atoms in total. The maximum Gasteiger partial charge on any atom is 0.224 e. The molecule has 9 atom stereocenters. The third kappa shape index (κ3) is 3.23. The van der Waals surface area contributed by atoms with Crippen LogP contribution in [0.15, 0.2) is 0 Å². The molecule has 8 N–H and O–H groups in total. The first-order valence-corrected chi connectivity index (χ1v) is 7.05. The molecule has 11 heteroatoms. The second-order valence-corrected chi connectivity index (χ2v) is 5.56. The first-order chi connectivity index (χ1) is 10.8. The zero-order valence-corrected chi connectivity index (χ0v) is 12.0. The molecular weight excluding hydrogens is 321 g/mol. The lowest BCUT2D eigenvalue weighted by molar-refractivity contribution is -0.383. The first-order valence-electron chi connectivity index (χ1n) is 7.05. The van der Waals surface area contributed by atoms with Gasteiger partial charge in [-0.05, 0) is 0 Å². The Balaban J connectivity index is 2.18. The molecular formula is C12H22O11. The van der Waals surface area contributed by atoms with Gasteiger partial charge in [-0.3, -0.25) is 0 Å². The molecule has 2 fully saturated rings. The summed E-state index contributed by atoms with van der Waals surface area (Å²) in [5, 5.41) is 76.7. The van der Waals surface area contributed by atoms with Crippen molar-refractivity contribution < 1.29 is 55.1 Å². The maximum absolute atomic E-state index is 10.00. The average Bonchev–Trinajstić information content (AvgIpc) is 2.80. The summed E-state index contributed by atoms with van der Waals surface area (Å²) >= 11 is 0. The molecule has 2 heterocycles. The minimum atomic E-state index is -2.22. The third-order valence-corrected chi connectivity index (χ3v) is 4.07. The molecule has 0 aromatic rings. The summed E-state index contributed by atoms with van der Waals surface area (Å²) in [7, 11) is 0. The van der Waals surface area contributed by atoms with E-state index < -0.39 is 74.6 Å². The van der Waals surface area contributed by atoms with Crippen molar-refractivity contribution in [2.45, 2.75) is 54.8 Å². The lowest BCUT2D eigenvalue weighted by atomic mass is 9.99. The van der Waals surface area contributed by atoms with Gasteiger partial charge >= 0.3 is 0 Å². The van der Waals surface area contributed by atoms with Gasteiger partial charge in [0, 0.05) is 0 Å². The van der Waals surface area contributed by atoms with Crippen molar-refractivity contribution in [1.82, 2.24) is 0 Å². The Labute approximate surface area is 130 Å². The number of ether oxygens (including phenoxy) is 3. The number of rotatable bonds is 5. The van der Waals surface area contributed by atoms with Crippen LogP contribution in [0, 0.1) is 0 Å². The molecule has 0 unspecified atom stereocenters. The number of hydrogen-bond acceptors (Lipinski definition) is 11. The SMILES string of the molecule is OC[C@H]1O[C@@]([13CH2]O)(O[C@H]2O[C@H](CO)[C@@H](O)[C@H](O)[C@H]2O)[C@@H](O)[C@@H]1O. The number of hydrogen-bond donors (Lipinski definition) is 8. The fourth-order valence-electron chi connectivity index (χ4n) is 2.63. The normalized spacial score (nSPS) is 51.1. The molecule has 0 saturated carbocycles. The van der Waals surface area contributed by atoms with Crippen LogP contribution < -0.4 is 0 Å². The highest BCUT2D eigenvalue weighted by molar-refractivity contribution is 4.98. The molecule has 0 aliphatic carbocycles. The molecule has 0 radical (unpaired) electrons. The van der Waals surface area contributed by atoms with Gasteiger partial charge < -0.3 is 55.1 Å². The molecule has 0 aromatic heterocycles. The minimum Gasteiger partial charge on any atom is -0.394 e. The van der Waals surface area contributed by atoms with Gasteiger partial charge in [-0.15, -0.1) is 0 Å². The van der Waals surface area contributed by atoms with Crippen molar-refractivity contribution in [2.24, 2.45) is 0 Å². The summed E-state index contributed by atoms with van der Waals surface area (Å²) < 4.78 is 15.4. The molecule has 136 valence electrons. The Bertz CT molecular complexity index is 393. The van der Waals surface area contributed by atoms with E-state index in [0.717, 1.165) is 0 Å². The second kappa shape index (κ2) is 7.21. The molecule has 2 aliphatic heterocycles. The van der Waals surface area contributed by atoms with Crippen molar-refractivity contribution in [3.8, 4) is 0 Å². The van der Waals surface area contributed by atoms with Crippen LogP contribution in [-0.4, -0.2) is 115 Å². The van der Waals surface area contributed by atoms with Crippen molar-refractivity contribution in [2.75, 3.05) is 19.8 Å². The Morgan fingerprint density at radius 2 is 1.39 bits per heavy atom. The molecule has 2 saturated heterocycles. The van der Waals surface area contributed by atoms with Gasteiger partial charge in [0.05, 0.1) is 13.2 Å². The Morgan fingerprint density at radius 3 is 1.87 bits per heavy atom. The van der Waals surface area contributed by atoms with Crippen LogP contribution in [0.4, 0.5) is 0 Å². The van der Waals surface area contributed by atoms with Gasteiger partial charge in [-0.1, -0.05) is 0 Å². The molecule has 2 rings (SSSR count). The van der Waals surface area contributed by atoms with Crippen molar-refractivity contribution in [1.29, 1.82) is 0 Å². The van der Waals surface area contributed by atoms with Crippen molar-refractivity contribution in [3.05, 3.63) is 0 Å². The topological polar surface area (TPSA) is 190 Å². The van der Waals surface area contributed by atoms with E-state index in [1.165, 1.54) is 0 Å². The van der Waals surface area contributed by atoms with Crippen LogP contribution >= 0.6 is 0 Å². The predicted octanol–water partition coefficient (Wildman–Crippen LogP) is -5.40. The van der Waals surface area contributed by atoms with Crippen LogP contribution in [-0.2, 0) is 14.2 Å². The standard InChI is InChI=1S/C12H22O11/c13-1-4-6(16)8(18)9(19)11(21-4)23-12(3-15)10(20)7(17)5(2-14)22-12/h4-11,13-20H,1-3H2/t4-,5-,6-,7-,8+,9-,10+,11-,12+/m1/s1/i3+1. The first kappa shape index (κ1) is 18.9. The lowest BCUT2D eigenvalue weighted by Crippen LogP contribution is -2.62. The summed E-state index contributed by atoms with van der Waals surface area (Å²) in [6.07, 6.45) is -12.7. The van der Waals surface area contributed by atoms with E-state index in [1.807, 2.05) is 0 Å². The Morgan fingerprint density at radius 1 is 0.783 bits per heavy atom. The van der Waals surface area contributed by atoms with Gasteiger partial charge in [-0.2, -0.15) is 0 Å². The van der Waals surface area contributed by atoms with E-state index in [1.54, 1.807) is 0 Å². The number of aliphatic hydroxyl groups excluding tert-OH is 8. The highest BCUT2D eigenvalue weighted by atomic mass is 16.8. The molecule has 2 aliphatic rings. The molecule has 0 spiro atoms. The molecule has 0 bridgehead atoms. The van der Waals surface area contributed by atoms with Crippen molar-refractivity contribution >= 4 is 0 Å². The molecule has 23 heavy (non-hydrogen) atoms. The zero-order valence-electron chi connectivity index (χ0n) is 12.0. The van der Waals surface area contributed by atoms with Crippen LogP contribution in [0.2, 0.25) is 0 Å². The van der Waals surface area contributed by atoms with E-state index in [9.17, 15) is 30.6 Å². The van der Waals surface area contributed by atoms with Gasteiger partial charge in [0.15, 0.2) is 6.29 Å². The third-order valence-electron chi connectivity index (χ3n) is 4.07. The fourth-order valence-corrected chi connectivity index (χ4v) is 2.63. The minimum absolute atomic E-state index is 0.669. The maximum atomic E-state index is 10.00. The number of aliphatic hydroxyl groups is 8. The Hall–Kier alpha value is -0.440. The fraction of sp³-hybridized carbons (Fsp3) is 1.00. The monoisotopic (exact) mass is 343 g/mol. The van der Waals surface area contributed by atoms with Crippen LogP contribution in [0.25, 0.3) is 0 Å². The van der Waals surface area contributed by atoms with Gasteiger partial charge in [0.2, 0.25) is 5.79 Å². The largest absolute Gasteiger partial charge is 0.394 e. The predicted molar refractivity (Wildman–Crippen MR) is 68.6 cm³/mol. The van der Waals surface area contributed by atoms with Crippen LogP contribution in [0.1, 0.15) is 0 Å². The van der Waals surface area contributed by atoms with Crippen LogP contribution in [0.5, 0.6) is 0 Å². The van der Waals surface area contributed by atoms with E-state index >= 15 is 0 Å². The quantitative estimate of drug-likeness (QED) is 0.222. The highest BCUT2D eigenvalue weighted by Crippen LogP contribution is 2.35. The van der Waals surface area contributed by atoms with E-state index in [2.05, 4.69) is 0 Å². The van der Waals surface area contributed by atoms with E-state index in [0.29, 0.717) is 0 Å². The highest BCUT2D eigenvalue weighted by Gasteiger charge is 2.58. The van der Waals surface area contributed by atoms with Gasteiger partial charge in [0.25, 0.3) is 0 Å². The summed E-state index contributed by atoms with van der Waals surface area (Å²) in [6.45, 7) is -2.32. The average molecular weight is 343 g/mol. The second-order valence-electron chi connectivity index (χ2n) is 5.56. The van der Waals surface area contributed by atoms with Gasteiger partial charge in [0.1, 0.15) is 49.3 Å². The van der Waals surface area contributed by atoms with Crippen molar-refractivity contribution in [3.63, 3.8) is 0 Å². The van der Waals surface area contributed by atoms with E-state index in [-0.39, 0.29) is 0 Å². The van der Waals surface area contributed by atoms with E-state index in [4.69, 9.17) is 24.4 Å². The smallest absolute Gasteiger partial charge is 0.224 e. The van der Waals surface area contributed by atoms with Gasteiger partial charge in [-0.25, -0.2) is 0 Å².